The normalized spacial score (nSPS) is 14.5. The molecule has 1 amide bonds. The molecule has 0 aromatic carbocycles. The van der Waals surface area contributed by atoms with Gasteiger partial charge in [-0.25, -0.2) is 0 Å². The van der Waals surface area contributed by atoms with Crippen LogP contribution in [0.2, 0.25) is 0 Å². The van der Waals surface area contributed by atoms with Crippen molar-refractivity contribution in [3.05, 3.63) is 0 Å². The smallest absolute Gasteiger partial charge is 0.227 e. The minimum Gasteiger partial charge on any atom is -0.359 e. The predicted molar refractivity (Wildman–Crippen MR) is 95.1 cm³/mol. The third kappa shape index (κ3) is 8.90. The van der Waals surface area contributed by atoms with Gasteiger partial charge in [-0.1, -0.05) is 20.8 Å². The van der Waals surface area contributed by atoms with E-state index in [1.807, 2.05) is 20.8 Å². The monoisotopic (exact) mass is 312 g/mol. The highest BCUT2D eigenvalue weighted by molar-refractivity contribution is 5.83. The van der Waals surface area contributed by atoms with Gasteiger partial charge < -0.3 is 16.0 Å². The highest BCUT2D eigenvalue weighted by Crippen LogP contribution is 2.21. The van der Waals surface area contributed by atoms with E-state index in [-0.39, 0.29) is 5.91 Å². The van der Waals surface area contributed by atoms with Crippen molar-refractivity contribution in [3.8, 4) is 0 Å². The lowest BCUT2D eigenvalue weighted by atomic mass is 9.89. The van der Waals surface area contributed by atoms with Crippen LogP contribution >= 0.6 is 0 Å². The van der Waals surface area contributed by atoms with Crippen LogP contribution in [0.15, 0.2) is 4.99 Å². The first kappa shape index (κ1) is 20.7. The third-order valence-electron chi connectivity index (χ3n) is 3.53. The summed E-state index contributed by atoms with van der Waals surface area (Å²) in [5.74, 6) is 0.786. The van der Waals surface area contributed by atoms with Crippen molar-refractivity contribution in [1.82, 2.24) is 16.0 Å². The van der Waals surface area contributed by atoms with Crippen molar-refractivity contribution in [3.63, 3.8) is 0 Å². The summed E-state index contributed by atoms with van der Waals surface area (Å²) in [6.07, 6.45) is 2.25. The second kappa shape index (κ2) is 9.01. The largest absolute Gasteiger partial charge is 0.359 e. The number of nitrogens with zero attached hydrogens (tertiary/aromatic N) is 1. The fourth-order valence-corrected chi connectivity index (χ4v) is 1.96. The average Bonchev–Trinajstić information content (AvgIpc) is 2.41. The van der Waals surface area contributed by atoms with Gasteiger partial charge in [0.1, 0.15) is 0 Å². The number of aliphatic imine (C=N–C) groups is 1. The van der Waals surface area contributed by atoms with Gasteiger partial charge in [0.2, 0.25) is 5.91 Å². The zero-order chi connectivity index (χ0) is 17.4. The molecule has 0 heterocycles. The third-order valence-corrected chi connectivity index (χ3v) is 3.53. The Bertz CT molecular complexity index is 369. The number of carbonyl (C=O) groups excluding carboxylic acids is 1. The summed E-state index contributed by atoms with van der Waals surface area (Å²) in [5, 5.41) is 9.36. The van der Waals surface area contributed by atoms with Gasteiger partial charge in [-0.05, 0) is 46.0 Å². The molecule has 5 heteroatoms. The van der Waals surface area contributed by atoms with Crippen LogP contribution in [0.25, 0.3) is 0 Å². The zero-order valence-electron chi connectivity index (χ0n) is 15.8. The van der Waals surface area contributed by atoms with Crippen LogP contribution in [0.1, 0.15) is 61.3 Å². The maximum atomic E-state index is 11.8. The Balaban J connectivity index is 4.64. The maximum Gasteiger partial charge on any atom is 0.227 e. The molecule has 0 radical (unpaired) electrons. The van der Waals surface area contributed by atoms with Crippen LogP contribution in [0.3, 0.4) is 0 Å². The zero-order valence-corrected chi connectivity index (χ0v) is 15.8. The first-order valence-electron chi connectivity index (χ1n) is 8.29. The van der Waals surface area contributed by atoms with Crippen molar-refractivity contribution in [1.29, 1.82) is 0 Å². The summed E-state index contributed by atoms with van der Waals surface area (Å²) < 4.78 is 0. The molecule has 130 valence electrons. The van der Waals surface area contributed by atoms with E-state index in [1.54, 1.807) is 7.05 Å². The van der Waals surface area contributed by atoms with Crippen LogP contribution in [-0.4, -0.2) is 38.0 Å². The second-order valence-electron chi connectivity index (χ2n) is 7.80. The van der Waals surface area contributed by atoms with Crippen LogP contribution in [-0.2, 0) is 4.79 Å². The molecule has 5 nitrogen and oxygen atoms in total. The van der Waals surface area contributed by atoms with Crippen molar-refractivity contribution >= 4 is 11.9 Å². The Hall–Kier alpha value is -1.26. The van der Waals surface area contributed by atoms with E-state index in [9.17, 15) is 4.79 Å². The fourth-order valence-electron chi connectivity index (χ4n) is 1.96. The molecular weight excluding hydrogens is 276 g/mol. The van der Waals surface area contributed by atoms with Gasteiger partial charge in [-0.15, -0.1) is 0 Å². The van der Waals surface area contributed by atoms with Gasteiger partial charge in [0.05, 0.1) is 12.0 Å². The summed E-state index contributed by atoms with van der Waals surface area (Å²) in [6.45, 7) is 16.0. The predicted octanol–water partition coefficient (Wildman–Crippen LogP) is 2.53. The van der Waals surface area contributed by atoms with E-state index < -0.39 is 5.41 Å². The highest BCUT2D eigenvalue weighted by Gasteiger charge is 2.26. The Morgan fingerprint density at radius 1 is 1.18 bits per heavy atom. The van der Waals surface area contributed by atoms with Gasteiger partial charge in [-0.2, -0.15) is 0 Å². The minimum atomic E-state index is -0.508. The fraction of sp³-hybridized carbons (Fsp3) is 0.882. The van der Waals surface area contributed by atoms with Gasteiger partial charge >= 0.3 is 0 Å². The van der Waals surface area contributed by atoms with Crippen molar-refractivity contribution in [2.45, 2.75) is 67.3 Å². The van der Waals surface area contributed by atoms with Crippen molar-refractivity contribution in [2.24, 2.45) is 15.8 Å². The molecule has 0 spiro atoms. The summed E-state index contributed by atoms with van der Waals surface area (Å²) >= 11 is 0. The van der Waals surface area contributed by atoms with E-state index in [2.05, 4.69) is 48.6 Å². The van der Waals surface area contributed by atoms with Crippen LogP contribution < -0.4 is 16.0 Å². The molecule has 0 saturated heterocycles. The molecule has 0 bridgehead atoms. The summed E-state index contributed by atoms with van der Waals surface area (Å²) in [4.78, 5) is 16.4. The molecule has 0 rings (SSSR count). The van der Waals surface area contributed by atoms with Gasteiger partial charge in [-0.3, -0.25) is 9.79 Å². The number of carbonyl (C=O) groups is 1. The highest BCUT2D eigenvalue weighted by atomic mass is 16.2. The lowest BCUT2D eigenvalue weighted by Gasteiger charge is -2.24. The molecule has 1 unspecified atom stereocenters. The van der Waals surface area contributed by atoms with Crippen LogP contribution in [0, 0.1) is 10.8 Å². The van der Waals surface area contributed by atoms with E-state index in [0.29, 0.717) is 18.0 Å². The molecule has 0 aromatic heterocycles. The topological polar surface area (TPSA) is 65.5 Å². The maximum absolute atomic E-state index is 11.8. The SMILES string of the molecule is CCNC(=NCC(C)(C)C(=O)NC)NC(C)CCC(C)(C)C. The van der Waals surface area contributed by atoms with E-state index in [1.165, 1.54) is 0 Å². The molecule has 1 atom stereocenters. The molecule has 3 N–H and O–H groups in total. The Kier molecular flexibility index (Phi) is 8.49. The molecule has 0 saturated carbocycles. The van der Waals surface area contributed by atoms with E-state index in [0.717, 1.165) is 25.3 Å². The Morgan fingerprint density at radius 2 is 1.77 bits per heavy atom. The van der Waals surface area contributed by atoms with Crippen molar-refractivity contribution in [2.75, 3.05) is 20.1 Å². The Labute approximate surface area is 136 Å². The quantitative estimate of drug-likeness (QED) is 0.500. The summed E-state index contributed by atoms with van der Waals surface area (Å²) in [7, 11) is 1.66. The molecule has 0 aliphatic carbocycles. The van der Waals surface area contributed by atoms with Crippen LogP contribution in [0.5, 0.6) is 0 Å². The number of hydrogen-bond acceptors (Lipinski definition) is 2. The Morgan fingerprint density at radius 3 is 2.23 bits per heavy atom. The van der Waals surface area contributed by atoms with Crippen LogP contribution in [0.4, 0.5) is 0 Å². The standard InChI is InChI=1S/C17H36N4O/c1-9-19-15(20-12-17(6,7)14(22)18-8)21-13(2)10-11-16(3,4)5/h13H,9-12H2,1-8H3,(H,18,22)(H2,19,20,21). The number of rotatable bonds is 7. The average molecular weight is 313 g/mol. The second-order valence-corrected chi connectivity index (χ2v) is 7.80. The van der Waals surface area contributed by atoms with Gasteiger partial charge in [0, 0.05) is 19.6 Å². The summed E-state index contributed by atoms with van der Waals surface area (Å²) in [5.41, 5.74) is -0.168. The molecule has 0 aromatic rings. The molecule has 0 fully saturated rings. The lowest BCUT2D eigenvalue weighted by molar-refractivity contribution is -0.128. The first-order valence-corrected chi connectivity index (χ1v) is 8.29. The number of hydrogen-bond donors (Lipinski definition) is 3. The first-order chi connectivity index (χ1) is 10.0. The number of amides is 1. The van der Waals surface area contributed by atoms with Gasteiger partial charge in [0.25, 0.3) is 0 Å². The number of guanidine groups is 1. The molecule has 22 heavy (non-hydrogen) atoms. The lowest BCUT2D eigenvalue weighted by Crippen LogP contribution is -2.44. The summed E-state index contributed by atoms with van der Waals surface area (Å²) in [6, 6.07) is 0.347. The van der Waals surface area contributed by atoms with E-state index >= 15 is 0 Å². The molecule has 0 aliphatic heterocycles. The van der Waals surface area contributed by atoms with E-state index in [4.69, 9.17) is 0 Å². The van der Waals surface area contributed by atoms with Gasteiger partial charge in [0.15, 0.2) is 5.96 Å². The minimum absolute atomic E-state index is 0.00730. The molecule has 0 aliphatic rings. The van der Waals surface area contributed by atoms with Crippen molar-refractivity contribution < 1.29 is 4.79 Å². The molecular formula is C17H36N4O. The number of nitrogens with one attached hydrogen (secondary N) is 3.